The number of imidazole rings is 1. The van der Waals surface area contributed by atoms with Crippen molar-refractivity contribution in [3.8, 4) is 6.07 Å². The average molecular weight is 436 g/mol. The van der Waals surface area contributed by atoms with Crippen molar-refractivity contribution in [2.45, 2.75) is 43.5 Å². The van der Waals surface area contributed by atoms with Crippen molar-refractivity contribution in [1.82, 2.24) is 14.5 Å². The summed E-state index contributed by atoms with van der Waals surface area (Å²) in [4.78, 5) is 18.1. The van der Waals surface area contributed by atoms with E-state index in [1.54, 1.807) is 4.57 Å². The van der Waals surface area contributed by atoms with Gasteiger partial charge in [0.05, 0.1) is 48.2 Å². The number of rotatable bonds is 3. The average Bonchev–Trinajstić information content (AvgIpc) is 3.31. The molecule has 1 saturated heterocycles. The third-order valence-electron chi connectivity index (χ3n) is 6.25. The van der Waals surface area contributed by atoms with Crippen LogP contribution in [0.1, 0.15) is 48.5 Å². The summed E-state index contributed by atoms with van der Waals surface area (Å²) in [6, 6.07) is 5.29. The second-order valence-electron chi connectivity index (χ2n) is 8.16. The molecule has 1 aromatic heterocycles. The van der Waals surface area contributed by atoms with Gasteiger partial charge in [-0.25, -0.2) is 9.37 Å². The van der Waals surface area contributed by atoms with Gasteiger partial charge in [-0.3, -0.25) is 4.79 Å². The van der Waals surface area contributed by atoms with Crippen molar-refractivity contribution in [3.05, 3.63) is 53.4 Å². The molecule has 164 valence electrons. The van der Waals surface area contributed by atoms with Crippen LogP contribution in [0.4, 0.5) is 17.6 Å². The summed E-state index contributed by atoms with van der Waals surface area (Å²) in [7, 11) is 0. The number of carbonyl (C=O) groups excluding carboxylic acids is 1. The molecule has 3 heterocycles. The quantitative estimate of drug-likeness (QED) is 0.749. The molecule has 0 bridgehead atoms. The fourth-order valence-electron chi connectivity index (χ4n) is 4.54. The molecular weight excluding hydrogens is 416 g/mol. The maximum Gasteiger partial charge on any atom is 0.391 e. The Bertz CT molecular complexity index is 1040. The number of hydrogen-bond acceptors (Lipinski definition) is 4. The maximum absolute atomic E-state index is 14.6. The molecule has 6 nitrogen and oxygen atoms in total. The lowest BCUT2D eigenvalue weighted by atomic mass is 9.89. The van der Waals surface area contributed by atoms with Crippen LogP contribution in [0.25, 0.3) is 0 Å². The van der Waals surface area contributed by atoms with Gasteiger partial charge in [0.2, 0.25) is 5.91 Å². The normalized spacial score (nSPS) is 24.1. The highest BCUT2D eigenvalue weighted by Gasteiger charge is 2.47. The van der Waals surface area contributed by atoms with Gasteiger partial charge in [-0.1, -0.05) is 6.07 Å². The van der Waals surface area contributed by atoms with Crippen LogP contribution >= 0.6 is 0 Å². The van der Waals surface area contributed by atoms with E-state index in [1.165, 1.54) is 29.6 Å². The molecule has 31 heavy (non-hydrogen) atoms. The van der Waals surface area contributed by atoms with Crippen LogP contribution in [-0.4, -0.2) is 44.7 Å². The van der Waals surface area contributed by atoms with E-state index in [-0.39, 0.29) is 49.9 Å². The van der Waals surface area contributed by atoms with Crippen molar-refractivity contribution < 1.29 is 27.5 Å². The third kappa shape index (κ3) is 3.90. The van der Waals surface area contributed by atoms with Crippen LogP contribution in [0, 0.1) is 23.1 Å². The molecule has 2 atom stereocenters. The number of fused-ring (bicyclic) bond motifs is 1. The summed E-state index contributed by atoms with van der Waals surface area (Å²) in [6.45, 7) is -0.0436. The number of halogens is 4. The monoisotopic (exact) mass is 436 g/mol. The van der Waals surface area contributed by atoms with Crippen molar-refractivity contribution in [2.24, 2.45) is 5.92 Å². The molecule has 1 fully saturated rings. The minimum Gasteiger partial charge on any atom is -0.383 e. The molecule has 0 unspecified atom stereocenters. The minimum atomic E-state index is -4.27. The number of piperidine rings is 1. The van der Waals surface area contributed by atoms with Gasteiger partial charge >= 0.3 is 6.18 Å². The zero-order valence-corrected chi connectivity index (χ0v) is 16.4. The molecule has 1 aromatic carbocycles. The van der Waals surface area contributed by atoms with E-state index in [0.717, 1.165) is 6.07 Å². The summed E-state index contributed by atoms with van der Waals surface area (Å²) < 4.78 is 54.8. The Labute approximate surface area is 175 Å². The van der Waals surface area contributed by atoms with Crippen LogP contribution < -0.4 is 0 Å². The van der Waals surface area contributed by atoms with Crippen LogP contribution in [-0.2, 0) is 10.4 Å². The van der Waals surface area contributed by atoms with Crippen molar-refractivity contribution >= 4 is 5.91 Å². The van der Waals surface area contributed by atoms with E-state index in [0.29, 0.717) is 5.69 Å². The first-order chi connectivity index (χ1) is 14.6. The fourth-order valence-corrected chi connectivity index (χ4v) is 4.54. The lowest BCUT2D eigenvalue weighted by Crippen LogP contribution is -2.44. The second kappa shape index (κ2) is 7.64. The standard InChI is InChI=1S/C21H20F4N4O2/c22-16-7-13(10-26)1-2-15(16)17-8-20(31,18-11-27-12-29(17)18)9-19(30)28-5-3-14(4-6-28)21(23,24)25/h1-2,7,11-12,14,17,31H,3-6,8-9H2/t17-,20+/m1/s1. The topological polar surface area (TPSA) is 82.2 Å². The Hall–Kier alpha value is -2.93. The number of benzene rings is 1. The van der Waals surface area contributed by atoms with Gasteiger partial charge in [0.1, 0.15) is 11.4 Å². The molecule has 0 saturated carbocycles. The zero-order chi connectivity index (χ0) is 22.4. The first-order valence-corrected chi connectivity index (χ1v) is 9.91. The van der Waals surface area contributed by atoms with E-state index in [1.807, 2.05) is 6.07 Å². The maximum atomic E-state index is 14.6. The van der Waals surface area contributed by atoms with Crippen LogP contribution in [0.15, 0.2) is 30.7 Å². The molecule has 0 spiro atoms. The van der Waals surface area contributed by atoms with Gasteiger partial charge in [-0.2, -0.15) is 18.4 Å². The van der Waals surface area contributed by atoms with Crippen LogP contribution in [0.5, 0.6) is 0 Å². The Morgan fingerprint density at radius 1 is 1.32 bits per heavy atom. The second-order valence-corrected chi connectivity index (χ2v) is 8.16. The number of aromatic nitrogens is 2. The summed E-state index contributed by atoms with van der Waals surface area (Å²) in [5.74, 6) is -2.47. The number of alkyl halides is 3. The number of carbonyl (C=O) groups is 1. The van der Waals surface area contributed by atoms with E-state index in [9.17, 15) is 27.5 Å². The lowest BCUT2D eigenvalue weighted by Gasteiger charge is -2.34. The van der Waals surface area contributed by atoms with E-state index < -0.39 is 35.5 Å². The molecule has 4 rings (SSSR count). The number of aliphatic hydroxyl groups is 1. The summed E-state index contributed by atoms with van der Waals surface area (Å²) in [5.41, 5.74) is -0.857. The van der Waals surface area contributed by atoms with Gasteiger partial charge in [-0.15, -0.1) is 0 Å². The minimum absolute atomic E-state index is 0.0123. The third-order valence-corrected chi connectivity index (χ3v) is 6.25. The Kier molecular flexibility index (Phi) is 5.25. The number of nitriles is 1. The lowest BCUT2D eigenvalue weighted by molar-refractivity contribution is -0.187. The van der Waals surface area contributed by atoms with Crippen LogP contribution in [0.2, 0.25) is 0 Å². The van der Waals surface area contributed by atoms with Gasteiger partial charge in [0.15, 0.2) is 0 Å². The number of hydrogen-bond donors (Lipinski definition) is 1. The molecule has 2 aromatic rings. The molecule has 2 aliphatic rings. The predicted octanol–water partition coefficient (Wildman–Crippen LogP) is 3.27. The number of amides is 1. The Balaban J connectivity index is 1.51. The molecule has 1 N–H and O–H groups in total. The van der Waals surface area contributed by atoms with Gasteiger partial charge in [0.25, 0.3) is 0 Å². The largest absolute Gasteiger partial charge is 0.391 e. The zero-order valence-electron chi connectivity index (χ0n) is 16.4. The molecular formula is C21H20F4N4O2. The Morgan fingerprint density at radius 2 is 2.03 bits per heavy atom. The highest BCUT2D eigenvalue weighted by molar-refractivity contribution is 5.77. The number of nitrogens with zero attached hydrogens (tertiary/aromatic N) is 4. The fraction of sp³-hybridized carbons (Fsp3) is 0.476. The molecule has 2 aliphatic heterocycles. The van der Waals surface area contributed by atoms with Gasteiger partial charge in [-0.05, 0) is 25.0 Å². The predicted molar refractivity (Wildman–Crippen MR) is 100.0 cm³/mol. The summed E-state index contributed by atoms with van der Waals surface area (Å²) in [5, 5.41) is 20.2. The van der Waals surface area contributed by atoms with Gasteiger partial charge in [0, 0.05) is 25.1 Å². The molecule has 0 aliphatic carbocycles. The molecule has 0 radical (unpaired) electrons. The first-order valence-electron chi connectivity index (χ1n) is 9.91. The van der Waals surface area contributed by atoms with Crippen molar-refractivity contribution in [3.63, 3.8) is 0 Å². The van der Waals surface area contributed by atoms with Crippen molar-refractivity contribution in [2.75, 3.05) is 13.1 Å². The smallest absolute Gasteiger partial charge is 0.383 e. The molecule has 1 amide bonds. The summed E-state index contributed by atoms with van der Waals surface area (Å²) >= 11 is 0. The van der Waals surface area contributed by atoms with Gasteiger partial charge < -0.3 is 14.6 Å². The number of likely N-dealkylation sites (tertiary alicyclic amines) is 1. The van der Waals surface area contributed by atoms with E-state index >= 15 is 0 Å². The SMILES string of the molecule is N#Cc1ccc([C@H]2C[C@](O)(CC(=O)N3CCC(C(F)(F)F)CC3)c3cncn32)c(F)c1. The van der Waals surface area contributed by atoms with Crippen LogP contribution in [0.3, 0.4) is 0 Å². The van der Waals surface area contributed by atoms with E-state index in [4.69, 9.17) is 5.26 Å². The first kappa shape index (κ1) is 21.3. The highest BCUT2D eigenvalue weighted by atomic mass is 19.4. The Morgan fingerprint density at radius 3 is 2.65 bits per heavy atom. The summed E-state index contributed by atoms with van der Waals surface area (Å²) in [6.07, 6.45) is -2.07. The van der Waals surface area contributed by atoms with E-state index in [2.05, 4.69) is 4.98 Å². The van der Waals surface area contributed by atoms with Crippen molar-refractivity contribution in [1.29, 1.82) is 5.26 Å². The molecule has 10 heteroatoms. The highest BCUT2D eigenvalue weighted by Crippen LogP contribution is 2.45.